The van der Waals surface area contributed by atoms with E-state index >= 15 is 0 Å². The Morgan fingerprint density at radius 2 is 1.70 bits per heavy atom. The lowest BCUT2D eigenvalue weighted by Crippen LogP contribution is -1.98. The van der Waals surface area contributed by atoms with E-state index in [4.69, 9.17) is 38.6 Å². The monoisotopic (exact) mass is 350 g/mol. The van der Waals surface area contributed by atoms with Gasteiger partial charge in [0.25, 0.3) is 9.05 Å². The molecule has 0 aliphatic rings. The van der Waals surface area contributed by atoms with Gasteiger partial charge in [-0.15, -0.1) is 0 Å². The summed E-state index contributed by atoms with van der Waals surface area (Å²) in [7, 11) is 1.43. The first-order chi connectivity index (χ1) is 9.38. The Hall–Kier alpha value is -0.940. The summed E-state index contributed by atoms with van der Waals surface area (Å²) >= 11 is 12.0. The lowest BCUT2D eigenvalue weighted by molar-refractivity contribution is 0.306. The molecule has 2 aromatic rings. The van der Waals surface area contributed by atoms with Crippen LogP contribution in [0.2, 0.25) is 10.0 Å². The van der Waals surface area contributed by atoms with Crippen LogP contribution in [-0.4, -0.2) is 8.42 Å². The van der Waals surface area contributed by atoms with Gasteiger partial charge in [-0.25, -0.2) is 8.42 Å². The second-order valence-corrected chi connectivity index (χ2v) is 7.29. The minimum absolute atomic E-state index is 0.0748. The Kier molecular flexibility index (Phi) is 4.81. The van der Waals surface area contributed by atoms with Crippen LogP contribution in [0.1, 0.15) is 5.56 Å². The summed E-state index contributed by atoms with van der Waals surface area (Å²) in [5.41, 5.74) is 0.805. The highest BCUT2D eigenvalue weighted by molar-refractivity contribution is 8.13. The molecule has 0 heterocycles. The number of benzene rings is 2. The molecule has 0 fully saturated rings. The number of ether oxygens (including phenoxy) is 1. The van der Waals surface area contributed by atoms with Crippen molar-refractivity contribution in [2.45, 2.75) is 11.5 Å². The molecule has 2 rings (SSSR count). The van der Waals surface area contributed by atoms with Crippen molar-refractivity contribution in [2.24, 2.45) is 0 Å². The highest BCUT2D eigenvalue weighted by atomic mass is 35.7. The third kappa shape index (κ3) is 3.79. The van der Waals surface area contributed by atoms with Crippen LogP contribution in [0.25, 0.3) is 0 Å². The lowest BCUT2D eigenvalue weighted by Gasteiger charge is -2.09. The molecule has 3 nitrogen and oxygen atoms in total. The average molecular weight is 352 g/mol. The van der Waals surface area contributed by atoms with Gasteiger partial charge in [0.1, 0.15) is 12.4 Å². The Morgan fingerprint density at radius 3 is 2.30 bits per heavy atom. The van der Waals surface area contributed by atoms with Gasteiger partial charge in [-0.3, -0.25) is 0 Å². The summed E-state index contributed by atoms with van der Waals surface area (Å²) in [6, 6.07) is 11.3. The van der Waals surface area contributed by atoms with Gasteiger partial charge in [-0.2, -0.15) is 0 Å². The van der Waals surface area contributed by atoms with E-state index in [-0.39, 0.29) is 16.5 Å². The first-order valence-electron chi connectivity index (χ1n) is 5.48. The number of rotatable bonds is 4. The molecule has 0 N–H and O–H groups in total. The maximum Gasteiger partial charge on any atom is 0.261 e. The molecular weight excluding hydrogens is 343 g/mol. The third-order valence-electron chi connectivity index (χ3n) is 2.53. The largest absolute Gasteiger partial charge is 0.487 e. The molecule has 106 valence electrons. The fourth-order valence-corrected chi connectivity index (χ4v) is 2.79. The van der Waals surface area contributed by atoms with Crippen molar-refractivity contribution in [2.75, 3.05) is 0 Å². The molecule has 2 aromatic carbocycles. The first kappa shape index (κ1) is 15.4. The summed E-state index contributed by atoms with van der Waals surface area (Å²) in [6.45, 7) is 0.229. The van der Waals surface area contributed by atoms with Crippen molar-refractivity contribution in [1.82, 2.24) is 0 Å². The number of halogens is 3. The van der Waals surface area contributed by atoms with Gasteiger partial charge < -0.3 is 4.74 Å². The normalized spacial score (nSPS) is 11.3. The predicted molar refractivity (Wildman–Crippen MR) is 80.3 cm³/mol. The Balaban J connectivity index is 2.17. The summed E-state index contributed by atoms with van der Waals surface area (Å²) in [4.78, 5) is -0.0748. The van der Waals surface area contributed by atoms with Crippen LogP contribution >= 0.6 is 33.9 Å². The molecule has 0 atom stereocenters. The third-order valence-corrected chi connectivity index (χ3v) is 4.54. The zero-order valence-corrected chi connectivity index (χ0v) is 13.1. The predicted octanol–water partition coefficient (Wildman–Crippen LogP) is 4.50. The van der Waals surface area contributed by atoms with Gasteiger partial charge in [-0.1, -0.05) is 41.4 Å². The van der Waals surface area contributed by atoms with E-state index in [2.05, 4.69) is 0 Å². The van der Waals surface area contributed by atoms with Crippen LogP contribution in [0.15, 0.2) is 47.4 Å². The van der Waals surface area contributed by atoms with E-state index in [9.17, 15) is 8.42 Å². The quantitative estimate of drug-likeness (QED) is 0.762. The molecule has 0 bridgehead atoms. The van der Waals surface area contributed by atoms with Crippen LogP contribution in [0.4, 0.5) is 0 Å². The second-order valence-electron chi connectivity index (χ2n) is 3.91. The molecule has 0 spiro atoms. The molecule has 0 aliphatic heterocycles. The molecule has 0 amide bonds. The highest BCUT2D eigenvalue weighted by Crippen LogP contribution is 2.29. The molecule has 0 saturated heterocycles. The lowest BCUT2D eigenvalue weighted by atomic mass is 10.2. The van der Waals surface area contributed by atoms with E-state index in [0.717, 1.165) is 5.56 Å². The molecule has 0 unspecified atom stereocenters. The minimum atomic E-state index is -3.80. The summed E-state index contributed by atoms with van der Waals surface area (Å²) in [5, 5.41) is 0.752. The smallest absolute Gasteiger partial charge is 0.261 e. The Bertz CT molecular complexity index is 729. The average Bonchev–Trinajstić information content (AvgIpc) is 2.38. The van der Waals surface area contributed by atoms with Crippen molar-refractivity contribution in [3.8, 4) is 5.75 Å². The van der Waals surface area contributed by atoms with Crippen LogP contribution in [0.3, 0.4) is 0 Å². The zero-order valence-electron chi connectivity index (χ0n) is 10.0. The van der Waals surface area contributed by atoms with Crippen molar-refractivity contribution in [1.29, 1.82) is 0 Å². The number of hydrogen-bond donors (Lipinski definition) is 0. The second kappa shape index (κ2) is 6.22. The van der Waals surface area contributed by atoms with Crippen LogP contribution in [0.5, 0.6) is 5.75 Å². The standard InChI is InChI=1S/C13H9Cl3O3S/c14-11-4-2-1-3-9(11)8-19-13-6-5-10(7-12(13)15)20(16,17)18/h1-7H,8H2. The van der Waals surface area contributed by atoms with Crippen molar-refractivity contribution in [3.63, 3.8) is 0 Å². The summed E-state index contributed by atoms with van der Waals surface area (Å²) in [6.07, 6.45) is 0. The molecule has 0 aromatic heterocycles. The maximum atomic E-state index is 11.2. The van der Waals surface area contributed by atoms with Gasteiger partial charge >= 0.3 is 0 Å². The van der Waals surface area contributed by atoms with Crippen LogP contribution in [0, 0.1) is 0 Å². The zero-order chi connectivity index (χ0) is 14.8. The molecule has 0 saturated carbocycles. The van der Waals surface area contributed by atoms with Gasteiger partial charge in [0, 0.05) is 21.3 Å². The molecular formula is C13H9Cl3O3S. The van der Waals surface area contributed by atoms with E-state index in [1.54, 1.807) is 6.07 Å². The summed E-state index contributed by atoms with van der Waals surface area (Å²) in [5.74, 6) is 0.357. The van der Waals surface area contributed by atoms with Crippen molar-refractivity contribution >= 4 is 42.9 Å². The van der Waals surface area contributed by atoms with Crippen molar-refractivity contribution < 1.29 is 13.2 Å². The molecule has 0 aliphatic carbocycles. The first-order valence-corrected chi connectivity index (χ1v) is 8.55. The van der Waals surface area contributed by atoms with Gasteiger partial charge in [0.2, 0.25) is 0 Å². The SMILES string of the molecule is O=S(=O)(Cl)c1ccc(OCc2ccccc2Cl)c(Cl)c1. The van der Waals surface area contributed by atoms with Gasteiger partial charge in [-0.05, 0) is 24.3 Å². The topological polar surface area (TPSA) is 43.4 Å². The molecule has 7 heteroatoms. The molecule has 0 radical (unpaired) electrons. The minimum Gasteiger partial charge on any atom is -0.487 e. The van der Waals surface area contributed by atoms with E-state index < -0.39 is 9.05 Å². The fraction of sp³-hybridized carbons (Fsp3) is 0.0769. The van der Waals surface area contributed by atoms with Gasteiger partial charge in [0.15, 0.2) is 0 Å². The maximum absolute atomic E-state index is 11.2. The van der Waals surface area contributed by atoms with E-state index in [0.29, 0.717) is 10.8 Å². The highest BCUT2D eigenvalue weighted by Gasteiger charge is 2.13. The van der Waals surface area contributed by atoms with Crippen LogP contribution in [-0.2, 0) is 15.7 Å². The van der Waals surface area contributed by atoms with Crippen molar-refractivity contribution in [3.05, 3.63) is 58.1 Å². The van der Waals surface area contributed by atoms with E-state index in [1.165, 1.54) is 18.2 Å². The Morgan fingerprint density at radius 1 is 1.00 bits per heavy atom. The van der Waals surface area contributed by atoms with Gasteiger partial charge in [0.05, 0.1) is 9.92 Å². The molecule has 20 heavy (non-hydrogen) atoms. The Labute approximate surface area is 131 Å². The number of hydrogen-bond acceptors (Lipinski definition) is 3. The van der Waals surface area contributed by atoms with Crippen LogP contribution < -0.4 is 4.74 Å². The summed E-state index contributed by atoms with van der Waals surface area (Å²) < 4.78 is 27.9. The van der Waals surface area contributed by atoms with E-state index in [1.807, 2.05) is 18.2 Å². The fourth-order valence-electron chi connectivity index (χ4n) is 1.52.